The Morgan fingerprint density at radius 1 is 1.56 bits per heavy atom. The van der Waals surface area contributed by atoms with E-state index in [2.05, 4.69) is 24.1 Å². The molecule has 0 spiro atoms. The predicted molar refractivity (Wildman–Crippen MR) is 64.2 cm³/mol. The molecule has 0 saturated carbocycles. The summed E-state index contributed by atoms with van der Waals surface area (Å²) < 4.78 is 0. The summed E-state index contributed by atoms with van der Waals surface area (Å²) in [4.78, 5) is 14.7. The van der Waals surface area contributed by atoms with Gasteiger partial charge in [0.25, 0.3) is 0 Å². The van der Waals surface area contributed by atoms with Crippen LogP contribution in [0.2, 0.25) is 5.02 Å². The Morgan fingerprint density at radius 2 is 2.19 bits per heavy atom. The third-order valence-electron chi connectivity index (χ3n) is 2.41. The maximum absolute atomic E-state index is 10.7. The average Bonchev–Trinajstić information content (AvgIpc) is 2.27. The molecule has 1 heterocycles. The molecule has 0 bridgehead atoms. The second-order valence-corrected chi connectivity index (χ2v) is 3.92. The van der Waals surface area contributed by atoms with Crippen LogP contribution in [0.25, 0.3) is 0 Å². The van der Waals surface area contributed by atoms with Crippen molar-refractivity contribution in [3.05, 3.63) is 22.8 Å². The number of hydrogen-bond donors (Lipinski definition) is 2. The van der Waals surface area contributed by atoms with Gasteiger partial charge in [-0.2, -0.15) is 0 Å². The van der Waals surface area contributed by atoms with Crippen molar-refractivity contribution in [2.75, 3.05) is 5.32 Å². The summed E-state index contributed by atoms with van der Waals surface area (Å²) in [6.45, 7) is 4.14. The molecule has 16 heavy (non-hydrogen) atoms. The fraction of sp³-hybridized carbons (Fsp3) is 0.455. The average molecular weight is 243 g/mol. The lowest BCUT2D eigenvalue weighted by atomic mass is 10.2. The third-order valence-corrected chi connectivity index (χ3v) is 2.70. The first-order valence-electron chi connectivity index (χ1n) is 5.23. The minimum Gasteiger partial charge on any atom is -0.478 e. The van der Waals surface area contributed by atoms with Crippen molar-refractivity contribution < 1.29 is 9.90 Å². The highest BCUT2D eigenvalue weighted by molar-refractivity contribution is 6.33. The van der Waals surface area contributed by atoms with Crippen LogP contribution in [-0.2, 0) is 0 Å². The zero-order valence-corrected chi connectivity index (χ0v) is 10.1. The summed E-state index contributed by atoms with van der Waals surface area (Å²) in [7, 11) is 0. The summed E-state index contributed by atoms with van der Waals surface area (Å²) in [6, 6.07) is 1.71. The zero-order chi connectivity index (χ0) is 12.1. The largest absolute Gasteiger partial charge is 0.478 e. The molecular formula is C11H15ClN2O2. The predicted octanol–water partition coefficient (Wildman–Crippen LogP) is 3.03. The Hall–Kier alpha value is -1.29. The van der Waals surface area contributed by atoms with E-state index in [1.54, 1.807) is 0 Å². The van der Waals surface area contributed by atoms with Gasteiger partial charge in [0.15, 0.2) is 0 Å². The van der Waals surface area contributed by atoms with Gasteiger partial charge >= 0.3 is 5.97 Å². The molecule has 5 heteroatoms. The summed E-state index contributed by atoms with van der Waals surface area (Å²) in [5.74, 6) is -0.483. The number of carboxylic acids is 1. The molecule has 0 aliphatic carbocycles. The van der Waals surface area contributed by atoms with Gasteiger partial charge in [0.05, 0.1) is 10.6 Å². The molecule has 1 aromatic heterocycles. The van der Waals surface area contributed by atoms with E-state index < -0.39 is 5.97 Å². The summed E-state index contributed by atoms with van der Waals surface area (Å²) in [6.07, 6.45) is 3.24. The molecule has 0 amide bonds. The zero-order valence-electron chi connectivity index (χ0n) is 9.33. The van der Waals surface area contributed by atoms with E-state index in [4.69, 9.17) is 16.7 Å². The fourth-order valence-electron chi connectivity index (χ4n) is 1.35. The van der Waals surface area contributed by atoms with Crippen molar-refractivity contribution in [1.29, 1.82) is 0 Å². The van der Waals surface area contributed by atoms with E-state index in [-0.39, 0.29) is 5.56 Å². The van der Waals surface area contributed by atoms with Gasteiger partial charge in [-0.3, -0.25) is 0 Å². The lowest BCUT2D eigenvalue weighted by Crippen LogP contribution is -2.18. The number of hydrogen-bond acceptors (Lipinski definition) is 3. The Balaban J connectivity index is 2.86. The topological polar surface area (TPSA) is 62.2 Å². The molecule has 0 aliphatic rings. The monoisotopic (exact) mass is 242 g/mol. The molecule has 4 nitrogen and oxygen atoms in total. The van der Waals surface area contributed by atoms with Gasteiger partial charge in [-0.25, -0.2) is 9.78 Å². The van der Waals surface area contributed by atoms with Crippen LogP contribution in [0.15, 0.2) is 12.3 Å². The van der Waals surface area contributed by atoms with Crippen molar-refractivity contribution in [2.45, 2.75) is 32.7 Å². The van der Waals surface area contributed by atoms with Crippen molar-refractivity contribution in [1.82, 2.24) is 4.98 Å². The summed E-state index contributed by atoms with van der Waals surface area (Å²) in [5.41, 5.74) is 0.0973. The molecule has 0 unspecified atom stereocenters. The van der Waals surface area contributed by atoms with Gasteiger partial charge in [0.2, 0.25) is 0 Å². The third kappa shape index (κ3) is 3.10. The number of nitrogens with zero attached hydrogens (tertiary/aromatic N) is 1. The maximum atomic E-state index is 10.7. The van der Waals surface area contributed by atoms with Gasteiger partial charge in [-0.05, 0) is 18.9 Å². The molecule has 0 radical (unpaired) electrons. The van der Waals surface area contributed by atoms with Crippen LogP contribution in [0.3, 0.4) is 0 Å². The van der Waals surface area contributed by atoms with Crippen LogP contribution in [0.5, 0.6) is 0 Å². The summed E-state index contributed by atoms with van der Waals surface area (Å²) >= 11 is 5.94. The number of nitrogens with one attached hydrogen (secondary N) is 1. The standard InChI is InChI=1S/C11H15ClN2O2/c1-3-8(4-2)14-10-9(12)5-7(6-13-10)11(15)16/h5-6,8H,3-4H2,1-2H3,(H,13,14)(H,15,16). The highest BCUT2D eigenvalue weighted by atomic mass is 35.5. The van der Waals surface area contributed by atoms with E-state index in [1.165, 1.54) is 12.3 Å². The maximum Gasteiger partial charge on any atom is 0.337 e. The Morgan fingerprint density at radius 3 is 2.62 bits per heavy atom. The van der Waals surface area contributed by atoms with Crippen molar-refractivity contribution >= 4 is 23.4 Å². The fourth-order valence-corrected chi connectivity index (χ4v) is 1.57. The molecule has 0 saturated heterocycles. The normalized spacial score (nSPS) is 10.5. The van der Waals surface area contributed by atoms with Crippen LogP contribution >= 0.6 is 11.6 Å². The Kier molecular flexibility index (Phi) is 4.55. The molecule has 0 aliphatic heterocycles. The number of carboxylic acid groups (broad SMARTS) is 1. The van der Waals surface area contributed by atoms with Gasteiger partial charge in [-0.1, -0.05) is 25.4 Å². The number of aromatic carboxylic acids is 1. The smallest absolute Gasteiger partial charge is 0.337 e. The van der Waals surface area contributed by atoms with Crippen LogP contribution in [-0.4, -0.2) is 22.1 Å². The molecule has 1 rings (SSSR count). The first-order valence-corrected chi connectivity index (χ1v) is 5.61. The Bertz CT molecular complexity index is 378. The van der Waals surface area contributed by atoms with E-state index >= 15 is 0 Å². The number of pyridine rings is 1. The van der Waals surface area contributed by atoms with Gasteiger partial charge in [0, 0.05) is 12.2 Å². The number of aromatic nitrogens is 1. The lowest BCUT2D eigenvalue weighted by molar-refractivity contribution is 0.0696. The van der Waals surface area contributed by atoms with E-state index in [1.807, 2.05) is 0 Å². The van der Waals surface area contributed by atoms with E-state index in [9.17, 15) is 4.79 Å². The lowest BCUT2D eigenvalue weighted by Gasteiger charge is -2.16. The molecule has 1 aromatic rings. The van der Waals surface area contributed by atoms with Crippen LogP contribution in [0, 0.1) is 0 Å². The number of carbonyl (C=O) groups is 1. The molecule has 0 aromatic carbocycles. The van der Waals surface area contributed by atoms with Crippen molar-refractivity contribution in [3.63, 3.8) is 0 Å². The highest BCUT2D eigenvalue weighted by Crippen LogP contribution is 2.21. The van der Waals surface area contributed by atoms with Gasteiger partial charge in [-0.15, -0.1) is 0 Å². The minimum atomic E-state index is -1.02. The second-order valence-electron chi connectivity index (χ2n) is 3.52. The van der Waals surface area contributed by atoms with Crippen LogP contribution < -0.4 is 5.32 Å². The van der Waals surface area contributed by atoms with Gasteiger partial charge in [0.1, 0.15) is 5.82 Å². The number of anilines is 1. The molecule has 88 valence electrons. The minimum absolute atomic E-state index is 0.0973. The van der Waals surface area contributed by atoms with E-state index in [0.29, 0.717) is 16.9 Å². The molecule has 0 atom stereocenters. The van der Waals surface area contributed by atoms with Crippen molar-refractivity contribution in [3.8, 4) is 0 Å². The first-order chi connectivity index (χ1) is 7.58. The number of halogens is 1. The number of rotatable bonds is 5. The van der Waals surface area contributed by atoms with Crippen LogP contribution in [0.4, 0.5) is 5.82 Å². The Labute approximate surface area is 99.6 Å². The highest BCUT2D eigenvalue weighted by Gasteiger charge is 2.10. The van der Waals surface area contributed by atoms with E-state index in [0.717, 1.165) is 12.8 Å². The quantitative estimate of drug-likeness (QED) is 0.833. The molecule has 2 N–H and O–H groups in total. The molecular weight excluding hydrogens is 228 g/mol. The summed E-state index contributed by atoms with van der Waals surface area (Å²) in [5, 5.41) is 12.3. The van der Waals surface area contributed by atoms with Gasteiger partial charge < -0.3 is 10.4 Å². The second kappa shape index (κ2) is 5.70. The first kappa shape index (κ1) is 12.8. The van der Waals surface area contributed by atoms with Crippen LogP contribution in [0.1, 0.15) is 37.0 Å². The van der Waals surface area contributed by atoms with Crippen molar-refractivity contribution in [2.24, 2.45) is 0 Å². The SMILES string of the molecule is CCC(CC)Nc1ncc(C(=O)O)cc1Cl. The molecule has 0 fully saturated rings.